The standard InChI is InChI=1S/C22H26FN3O.C2HF3O2/c1-22(2)9-7-16(8-10-22)24-13-15-3-5-17(6-4-15)27-21-12-20-19(11-18(21)23)25-14-26-20;3-2(4,5)1(6)7/h3-6,11-12,14,16,24H,7-10,13H2,1-2H3,(H,25,26);(H,6,7). The van der Waals surface area contributed by atoms with Crippen LogP contribution in [0, 0.1) is 11.2 Å². The van der Waals surface area contributed by atoms with Crippen molar-refractivity contribution in [3.05, 3.63) is 54.1 Å². The molecule has 1 saturated carbocycles. The van der Waals surface area contributed by atoms with Gasteiger partial charge in [0.1, 0.15) is 5.75 Å². The number of aromatic nitrogens is 2. The lowest BCUT2D eigenvalue weighted by Crippen LogP contribution is -2.35. The average Bonchev–Trinajstić information content (AvgIpc) is 3.21. The molecule has 0 atom stereocenters. The molecule has 1 aliphatic rings. The number of hydrogen-bond acceptors (Lipinski definition) is 4. The second-order valence-corrected chi connectivity index (χ2v) is 9.07. The predicted molar refractivity (Wildman–Crippen MR) is 119 cm³/mol. The maximum atomic E-state index is 14.2. The van der Waals surface area contributed by atoms with Crippen LogP contribution in [0.2, 0.25) is 0 Å². The summed E-state index contributed by atoms with van der Waals surface area (Å²) in [5, 5.41) is 10.8. The van der Waals surface area contributed by atoms with E-state index in [1.165, 1.54) is 37.3 Å². The molecule has 0 spiro atoms. The van der Waals surface area contributed by atoms with Gasteiger partial charge in [-0.25, -0.2) is 14.2 Å². The summed E-state index contributed by atoms with van der Waals surface area (Å²) < 4.78 is 51.6. The van der Waals surface area contributed by atoms with E-state index in [4.69, 9.17) is 14.6 Å². The molecule has 1 fully saturated rings. The third-order valence-corrected chi connectivity index (χ3v) is 5.80. The monoisotopic (exact) mass is 481 g/mol. The van der Waals surface area contributed by atoms with E-state index >= 15 is 0 Å². The molecule has 0 aliphatic heterocycles. The van der Waals surface area contributed by atoms with E-state index in [0.717, 1.165) is 6.54 Å². The smallest absolute Gasteiger partial charge is 0.475 e. The van der Waals surface area contributed by atoms with Crippen LogP contribution in [-0.4, -0.2) is 33.3 Å². The second kappa shape index (κ2) is 10.4. The summed E-state index contributed by atoms with van der Waals surface area (Å²) in [6, 6.07) is 11.4. The Morgan fingerprint density at radius 1 is 1.21 bits per heavy atom. The predicted octanol–water partition coefficient (Wildman–Crippen LogP) is 6.19. The largest absolute Gasteiger partial charge is 0.490 e. The van der Waals surface area contributed by atoms with Crippen LogP contribution in [-0.2, 0) is 11.3 Å². The summed E-state index contributed by atoms with van der Waals surface area (Å²) in [5.41, 5.74) is 3.04. The van der Waals surface area contributed by atoms with Gasteiger partial charge < -0.3 is 20.1 Å². The van der Waals surface area contributed by atoms with Crippen molar-refractivity contribution in [1.29, 1.82) is 0 Å². The third-order valence-electron chi connectivity index (χ3n) is 5.80. The van der Waals surface area contributed by atoms with Gasteiger partial charge in [0.2, 0.25) is 0 Å². The highest BCUT2D eigenvalue weighted by Gasteiger charge is 2.38. The maximum absolute atomic E-state index is 14.2. The molecule has 0 radical (unpaired) electrons. The molecule has 3 aromatic rings. The molecule has 0 bridgehead atoms. The number of halogens is 4. The summed E-state index contributed by atoms with van der Waals surface area (Å²) in [7, 11) is 0. The molecule has 0 saturated heterocycles. The van der Waals surface area contributed by atoms with Crippen LogP contribution in [0.3, 0.4) is 0 Å². The highest BCUT2D eigenvalue weighted by Crippen LogP contribution is 2.35. The lowest BCUT2D eigenvalue weighted by atomic mass is 9.75. The maximum Gasteiger partial charge on any atom is 0.490 e. The molecule has 6 nitrogen and oxygen atoms in total. The van der Waals surface area contributed by atoms with Gasteiger partial charge in [-0.15, -0.1) is 0 Å². The van der Waals surface area contributed by atoms with Gasteiger partial charge in [-0.1, -0.05) is 26.0 Å². The number of nitrogens with zero attached hydrogens (tertiary/aromatic N) is 1. The SMILES string of the molecule is CC1(C)CCC(NCc2ccc(Oc3cc4nc[nH]c4cc3F)cc2)CC1.O=C(O)C(F)(F)F. The zero-order chi connectivity index (χ0) is 24.9. The molecule has 10 heteroatoms. The van der Waals surface area contributed by atoms with Crippen LogP contribution in [0.5, 0.6) is 11.5 Å². The van der Waals surface area contributed by atoms with E-state index in [0.29, 0.717) is 28.2 Å². The Kier molecular flexibility index (Phi) is 7.81. The minimum Gasteiger partial charge on any atom is -0.475 e. The van der Waals surface area contributed by atoms with E-state index < -0.39 is 18.0 Å². The number of aromatic amines is 1. The Balaban J connectivity index is 0.000000406. The lowest BCUT2D eigenvalue weighted by Gasteiger charge is -2.34. The first-order valence-electron chi connectivity index (χ1n) is 10.9. The van der Waals surface area contributed by atoms with Crippen molar-refractivity contribution in [3.63, 3.8) is 0 Å². The van der Waals surface area contributed by atoms with Gasteiger partial charge in [0, 0.05) is 24.7 Å². The van der Waals surface area contributed by atoms with Crippen molar-refractivity contribution in [2.75, 3.05) is 0 Å². The number of fused-ring (bicyclic) bond motifs is 1. The van der Waals surface area contributed by atoms with Crippen LogP contribution in [0.25, 0.3) is 11.0 Å². The van der Waals surface area contributed by atoms with Gasteiger partial charge in [0.15, 0.2) is 11.6 Å². The summed E-state index contributed by atoms with van der Waals surface area (Å²) in [5.74, 6) is -2.36. The number of benzene rings is 2. The first-order valence-corrected chi connectivity index (χ1v) is 10.9. The Morgan fingerprint density at radius 3 is 2.41 bits per heavy atom. The van der Waals surface area contributed by atoms with Crippen LogP contribution >= 0.6 is 0 Å². The number of ether oxygens (including phenoxy) is 1. The lowest BCUT2D eigenvalue weighted by molar-refractivity contribution is -0.192. The zero-order valence-corrected chi connectivity index (χ0v) is 18.9. The fourth-order valence-corrected chi connectivity index (χ4v) is 3.68. The van der Waals surface area contributed by atoms with E-state index in [9.17, 15) is 17.6 Å². The first kappa shape index (κ1) is 25.5. The third kappa shape index (κ3) is 7.18. The van der Waals surface area contributed by atoms with Crippen molar-refractivity contribution >= 4 is 17.0 Å². The van der Waals surface area contributed by atoms with Gasteiger partial charge in [-0.2, -0.15) is 13.2 Å². The highest BCUT2D eigenvalue weighted by atomic mass is 19.4. The molecule has 34 heavy (non-hydrogen) atoms. The number of carboxylic acids is 1. The van der Waals surface area contributed by atoms with Crippen LogP contribution in [0.15, 0.2) is 42.7 Å². The van der Waals surface area contributed by atoms with E-state index in [2.05, 4.69) is 29.1 Å². The number of carbonyl (C=O) groups is 1. The van der Waals surface area contributed by atoms with Crippen LogP contribution in [0.1, 0.15) is 45.1 Å². The number of hydrogen-bond donors (Lipinski definition) is 3. The van der Waals surface area contributed by atoms with Gasteiger partial charge in [0.25, 0.3) is 0 Å². The molecule has 4 rings (SSSR count). The molecule has 1 heterocycles. The highest BCUT2D eigenvalue weighted by molar-refractivity contribution is 5.76. The Hall–Kier alpha value is -3.14. The first-order chi connectivity index (χ1) is 15.9. The van der Waals surface area contributed by atoms with E-state index in [1.54, 1.807) is 12.4 Å². The second-order valence-electron chi connectivity index (χ2n) is 9.07. The molecular weight excluding hydrogens is 454 g/mol. The molecule has 1 aliphatic carbocycles. The number of carboxylic acid groups (broad SMARTS) is 1. The molecule has 2 aromatic carbocycles. The number of H-pyrrole nitrogens is 1. The molecule has 3 N–H and O–H groups in total. The number of rotatable bonds is 5. The van der Waals surface area contributed by atoms with E-state index in [1.807, 2.05) is 24.3 Å². The fourth-order valence-electron chi connectivity index (χ4n) is 3.68. The summed E-state index contributed by atoms with van der Waals surface area (Å²) in [6.45, 7) is 5.56. The van der Waals surface area contributed by atoms with Crippen LogP contribution < -0.4 is 10.1 Å². The van der Waals surface area contributed by atoms with Crippen molar-refractivity contribution in [3.8, 4) is 11.5 Å². The van der Waals surface area contributed by atoms with Crippen molar-refractivity contribution in [1.82, 2.24) is 15.3 Å². The van der Waals surface area contributed by atoms with Gasteiger partial charge in [-0.05, 0) is 48.8 Å². The molecule has 0 amide bonds. The van der Waals surface area contributed by atoms with Gasteiger partial charge >= 0.3 is 12.1 Å². The normalized spacial score (nSPS) is 16.1. The summed E-state index contributed by atoms with van der Waals surface area (Å²) >= 11 is 0. The minimum absolute atomic E-state index is 0.185. The van der Waals surface area contributed by atoms with E-state index in [-0.39, 0.29) is 5.75 Å². The Labute approximate surface area is 194 Å². The van der Waals surface area contributed by atoms with Crippen molar-refractivity contribution in [2.45, 2.75) is 58.3 Å². The van der Waals surface area contributed by atoms with Gasteiger partial charge in [0.05, 0.1) is 17.4 Å². The number of imidazole rings is 1. The number of nitrogens with one attached hydrogen (secondary N) is 2. The average molecular weight is 481 g/mol. The molecule has 0 unspecified atom stereocenters. The van der Waals surface area contributed by atoms with Crippen LogP contribution in [0.4, 0.5) is 17.6 Å². The number of alkyl halides is 3. The fraction of sp³-hybridized carbons (Fsp3) is 0.417. The Morgan fingerprint density at radius 2 is 1.82 bits per heavy atom. The van der Waals surface area contributed by atoms with Gasteiger partial charge in [-0.3, -0.25) is 0 Å². The van der Waals surface area contributed by atoms with Crippen molar-refractivity contribution in [2.24, 2.45) is 5.41 Å². The molecular formula is C24H27F4N3O3. The topological polar surface area (TPSA) is 87.2 Å². The minimum atomic E-state index is -5.08. The summed E-state index contributed by atoms with van der Waals surface area (Å²) in [6.07, 6.45) is 1.50. The number of aliphatic carboxylic acids is 1. The molecule has 1 aromatic heterocycles. The zero-order valence-electron chi connectivity index (χ0n) is 18.9. The van der Waals surface area contributed by atoms with Crippen molar-refractivity contribution < 1.29 is 32.2 Å². The Bertz CT molecular complexity index is 1100. The quantitative estimate of drug-likeness (QED) is 0.379. The molecule has 184 valence electrons. The summed E-state index contributed by atoms with van der Waals surface area (Å²) in [4.78, 5) is 15.9.